The zero-order valence-electron chi connectivity index (χ0n) is 24.9. The maximum Gasteiger partial charge on any atom is 0.240 e. The smallest absolute Gasteiger partial charge is 0.240 e. The molecule has 5 fully saturated rings. The number of hydrogen-bond donors (Lipinski definition) is 4. The summed E-state index contributed by atoms with van der Waals surface area (Å²) in [6.45, 7) is 3.13. The molecule has 1 aromatic rings. The van der Waals surface area contributed by atoms with Crippen LogP contribution in [0.3, 0.4) is 0 Å². The van der Waals surface area contributed by atoms with E-state index in [4.69, 9.17) is 4.74 Å². The first-order valence-electron chi connectivity index (χ1n) is 15.6. The van der Waals surface area contributed by atoms with Crippen LogP contribution in [-0.4, -0.2) is 149 Å². The molecule has 6 bridgehead atoms. The standard InChI is InChI=1S/C30H42F2N6O6/c1-35-6-4-19(5-7-35)38-15-18-11-22(38)30(43)37-9-8-36(14-17-2-3-20(31)21(32)10-17)23(16-37)29(42)33-13-25-28(41)27(40)24(44-25)12-26(39)34-18/h2-3,10,18-19,22-25,27-28,40-41H,4-9,11-16H2,1H3,(H,33,42)(H,34,39)/t18-,22-,23-,24-,25+,27-,28+/m0/s1. The number of hydrogen-bond acceptors (Lipinski definition) is 9. The molecule has 7 atom stereocenters. The Kier molecular flexibility index (Phi) is 9.18. The number of ether oxygens (including phenoxy) is 1. The number of piperidine rings is 1. The van der Waals surface area contributed by atoms with Crippen molar-refractivity contribution in [3.8, 4) is 0 Å². The van der Waals surface area contributed by atoms with Crippen molar-refractivity contribution in [2.75, 3.05) is 52.9 Å². The highest BCUT2D eigenvalue weighted by Crippen LogP contribution is 2.30. The van der Waals surface area contributed by atoms with Crippen molar-refractivity contribution in [3.63, 3.8) is 0 Å². The molecule has 5 aliphatic rings. The van der Waals surface area contributed by atoms with Crippen molar-refractivity contribution in [1.29, 1.82) is 0 Å². The second-order valence-corrected chi connectivity index (χ2v) is 12.9. The summed E-state index contributed by atoms with van der Waals surface area (Å²) in [5.74, 6) is -2.77. The first-order chi connectivity index (χ1) is 21.1. The Hall–Kier alpha value is -2.75. The number of aliphatic hydroxyl groups is 2. The molecule has 4 N–H and O–H groups in total. The predicted molar refractivity (Wildman–Crippen MR) is 153 cm³/mol. The van der Waals surface area contributed by atoms with Gasteiger partial charge in [-0.05, 0) is 57.1 Å². The Bertz CT molecular complexity index is 1250. The third-order valence-electron chi connectivity index (χ3n) is 9.95. The van der Waals surface area contributed by atoms with E-state index in [2.05, 4.69) is 27.5 Å². The van der Waals surface area contributed by atoms with E-state index in [1.54, 1.807) is 4.90 Å². The molecule has 0 spiro atoms. The van der Waals surface area contributed by atoms with Crippen LogP contribution in [0.1, 0.15) is 31.2 Å². The van der Waals surface area contributed by atoms with E-state index in [0.717, 1.165) is 38.1 Å². The quantitative estimate of drug-likeness (QED) is 0.323. The summed E-state index contributed by atoms with van der Waals surface area (Å²) in [5, 5.41) is 27.1. The summed E-state index contributed by atoms with van der Waals surface area (Å²) in [4.78, 5) is 48.9. The normalized spacial score (nSPS) is 35.2. The zero-order chi connectivity index (χ0) is 31.1. The minimum Gasteiger partial charge on any atom is -0.388 e. The van der Waals surface area contributed by atoms with Gasteiger partial charge in [0.05, 0.1) is 18.6 Å². The summed E-state index contributed by atoms with van der Waals surface area (Å²) in [6, 6.07) is 2.25. The molecular formula is C30H42F2N6O6. The van der Waals surface area contributed by atoms with E-state index in [1.807, 2.05) is 4.90 Å². The number of nitrogens with one attached hydrogen (secondary N) is 2. The number of carbonyl (C=O) groups excluding carboxylic acids is 3. The Morgan fingerprint density at radius 1 is 0.955 bits per heavy atom. The van der Waals surface area contributed by atoms with Crippen LogP contribution >= 0.6 is 0 Å². The third-order valence-corrected chi connectivity index (χ3v) is 9.95. The highest BCUT2D eigenvalue weighted by atomic mass is 19.2. The minimum absolute atomic E-state index is 0.0858. The van der Waals surface area contributed by atoms with Crippen molar-refractivity contribution in [2.45, 2.75) is 80.8 Å². The number of fused-ring (bicyclic) bond motifs is 6. The topological polar surface area (TPSA) is 138 Å². The molecule has 6 rings (SSSR count). The fraction of sp³-hybridized carbons (Fsp3) is 0.700. The lowest BCUT2D eigenvalue weighted by Gasteiger charge is -2.43. The predicted octanol–water partition coefficient (Wildman–Crippen LogP) is -1.36. The highest BCUT2D eigenvalue weighted by molar-refractivity contribution is 5.86. The second-order valence-electron chi connectivity index (χ2n) is 12.9. The van der Waals surface area contributed by atoms with Crippen LogP contribution in [0.25, 0.3) is 0 Å². The molecule has 0 aliphatic carbocycles. The zero-order valence-corrected chi connectivity index (χ0v) is 24.9. The molecule has 0 unspecified atom stereocenters. The summed E-state index contributed by atoms with van der Waals surface area (Å²) in [6.07, 6.45) is -2.44. The molecule has 5 heterocycles. The highest BCUT2D eigenvalue weighted by Gasteiger charge is 2.47. The molecule has 0 saturated carbocycles. The third kappa shape index (κ3) is 6.46. The molecule has 1 aromatic carbocycles. The van der Waals surface area contributed by atoms with E-state index in [1.165, 1.54) is 6.07 Å². The number of carbonyl (C=O) groups is 3. The van der Waals surface area contributed by atoms with Crippen molar-refractivity contribution in [2.24, 2.45) is 0 Å². The average Bonchev–Trinajstić information content (AvgIpc) is 3.53. The molecule has 3 amide bonds. The maximum absolute atomic E-state index is 14.2. The summed E-state index contributed by atoms with van der Waals surface area (Å²) in [5.41, 5.74) is 0.493. The lowest BCUT2D eigenvalue weighted by molar-refractivity contribution is -0.143. The number of amides is 3. The first kappa shape index (κ1) is 31.2. The molecule has 12 nitrogen and oxygen atoms in total. The van der Waals surface area contributed by atoms with Gasteiger partial charge in [-0.25, -0.2) is 8.78 Å². The Morgan fingerprint density at radius 2 is 1.70 bits per heavy atom. The van der Waals surface area contributed by atoms with Gasteiger partial charge in [0.1, 0.15) is 24.4 Å². The SMILES string of the molecule is CN1CCC(N2C[C@@H]3C[C@H]2C(=O)N2CCN(Cc4ccc(F)c(F)c4)[C@@H](C2)C(=O)NC[C@H]2O[C@@H](CC(=O)N3)[C@H](O)[C@@H]2O)CC1. The van der Waals surface area contributed by atoms with Crippen LogP contribution in [0.4, 0.5) is 8.78 Å². The van der Waals surface area contributed by atoms with Crippen LogP contribution in [-0.2, 0) is 25.7 Å². The summed E-state index contributed by atoms with van der Waals surface area (Å²) in [7, 11) is 2.07. The van der Waals surface area contributed by atoms with Gasteiger partial charge >= 0.3 is 0 Å². The first-order valence-corrected chi connectivity index (χ1v) is 15.6. The molecule has 5 aliphatic heterocycles. The number of benzene rings is 1. The van der Waals surface area contributed by atoms with Crippen LogP contribution in [0.15, 0.2) is 18.2 Å². The number of aliphatic hydroxyl groups excluding tert-OH is 2. The van der Waals surface area contributed by atoms with Gasteiger partial charge in [0.2, 0.25) is 17.7 Å². The average molecular weight is 621 g/mol. The minimum atomic E-state index is -1.30. The number of piperazine rings is 1. The molecular weight excluding hydrogens is 578 g/mol. The van der Waals surface area contributed by atoms with Gasteiger partial charge in [-0.2, -0.15) is 0 Å². The largest absolute Gasteiger partial charge is 0.388 e. The lowest BCUT2D eigenvalue weighted by Crippen LogP contribution is -2.62. The molecule has 14 heteroatoms. The van der Waals surface area contributed by atoms with Gasteiger partial charge in [-0.3, -0.25) is 24.2 Å². The fourth-order valence-corrected chi connectivity index (χ4v) is 7.43. The van der Waals surface area contributed by atoms with Gasteiger partial charge < -0.3 is 35.4 Å². The summed E-state index contributed by atoms with van der Waals surface area (Å²) < 4.78 is 33.4. The van der Waals surface area contributed by atoms with E-state index in [0.29, 0.717) is 31.6 Å². The number of rotatable bonds is 3. The van der Waals surface area contributed by atoms with Gasteiger partial charge in [0.15, 0.2) is 11.6 Å². The van der Waals surface area contributed by atoms with Crippen LogP contribution in [0.5, 0.6) is 0 Å². The second kappa shape index (κ2) is 12.9. The van der Waals surface area contributed by atoms with Crippen molar-refractivity contribution in [1.82, 2.24) is 30.2 Å². The fourth-order valence-electron chi connectivity index (χ4n) is 7.43. The van der Waals surface area contributed by atoms with Gasteiger partial charge in [-0.15, -0.1) is 0 Å². The Balaban J connectivity index is 1.27. The molecule has 5 saturated heterocycles. The Morgan fingerprint density at radius 3 is 2.45 bits per heavy atom. The number of nitrogens with zero attached hydrogens (tertiary/aromatic N) is 4. The monoisotopic (exact) mass is 620 g/mol. The lowest BCUT2D eigenvalue weighted by atomic mass is 10.0. The van der Waals surface area contributed by atoms with E-state index in [-0.39, 0.29) is 50.0 Å². The van der Waals surface area contributed by atoms with Gasteiger partial charge in [0, 0.05) is 51.4 Å². The summed E-state index contributed by atoms with van der Waals surface area (Å²) >= 11 is 0. The van der Waals surface area contributed by atoms with Gasteiger partial charge in [0.25, 0.3) is 0 Å². The van der Waals surface area contributed by atoms with Crippen molar-refractivity contribution in [3.05, 3.63) is 35.4 Å². The van der Waals surface area contributed by atoms with E-state index < -0.39 is 54.0 Å². The molecule has 44 heavy (non-hydrogen) atoms. The molecule has 0 aromatic heterocycles. The van der Waals surface area contributed by atoms with Crippen LogP contribution in [0, 0.1) is 11.6 Å². The Labute approximate surface area is 255 Å². The van der Waals surface area contributed by atoms with E-state index in [9.17, 15) is 33.4 Å². The van der Waals surface area contributed by atoms with Gasteiger partial charge in [-0.1, -0.05) is 6.07 Å². The maximum atomic E-state index is 14.2. The molecule has 0 radical (unpaired) electrons. The van der Waals surface area contributed by atoms with Crippen LogP contribution in [0.2, 0.25) is 0 Å². The van der Waals surface area contributed by atoms with Crippen LogP contribution < -0.4 is 10.6 Å². The van der Waals surface area contributed by atoms with E-state index >= 15 is 0 Å². The van der Waals surface area contributed by atoms with Crippen molar-refractivity contribution < 1.29 is 38.1 Å². The number of likely N-dealkylation sites (tertiary alicyclic amines) is 2. The molecule has 242 valence electrons. The number of halogens is 2. The van der Waals surface area contributed by atoms with Crippen molar-refractivity contribution >= 4 is 17.7 Å².